The van der Waals surface area contributed by atoms with Gasteiger partial charge in [-0.2, -0.15) is 0 Å². The zero-order chi connectivity index (χ0) is 15.2. The quantitative estimate of drug-likeness (QED) is 0.860. The van der Waals surface area contributed by atoms with E-state index in [2.05, 4.69) is 10.3 Å². The van der Waals surface area contributed by atoms with Crippen molar-refractivity contribution in [1.82, 2.24) is 4.98 Å². The first kappa shape index (κ1) is 15.6. The molecule has 6 heteroatoms. The molecule has 0 spiro atoms. The van der Waals surface area contributed by atoms with Gasteiger partial charge in [0.2, 0.25) is 0 Å². The molecule has 2 aromatic rings. The van der Waals surface area contributed by atoms with Crippen LogP contribution in [0.2, 0.25) is 0 Å². The summed E-state index contributed by atoms with van der Waals surface area (Å²) in [6, 6.07) is 8.05. The molecule has 2 rings (SSSR count). The van der Waals surface area contributed by atoms with Crippen LogP contribution < -0.4 is 10.1 Å². The Balaban J connectivity index is 2.25. The number of rotatable bonds is 6. The lowest BCUT2D eigenvalue weighted by atomic mass is 10.3. The van der Waals surface area contributed by atoms with Crippen molar-refractivity contribution in [1.29, 1.82) is 0 Å². The molecule has 3 nitrogen and oxygen atoms in total. The van der Waals surface area contributed by atoms with Crippen LogP contribution in [0.1, 0.15) is 13.3 Å². The highest BCUT2D eigenvalue weighted by Crippen LogP contribution is 2.32. The van der Waals surface area contributed by atoms with Gasteiger partial charge in [-0.25, -0.2) is 13.8 Å². The van der Waals surface area contributed by atoms with Crippen LogP contribution in [0, 0.1) is 11.6 Å². The number of pyridine rings is 1. The SMILES string of the molecule is CCCNc1nc(Sc2cccc(OC)c2)c(F)cc1F. The highest BCUT2D eigenvalue weighted by molar-refractivity contribution is 7.99. The first-order chi connectivity index (χ1) is 10.1. The number of nitrogens with zero attached hydrogens (tertiary/aromatic N) is 1. The average molecular weight is 310 g/mol. The molecule has 0 aliphatic heterocycles. The summed E-state index contributed by atoms with van der Waals surface area (Å²) >= 11 is 1.13. The van der Waals surface area contributed by atoms with Crippen LogP contribution in [-0.2, 0) is 0 Å². The van der Waals surface area contributed by atoms with Crippen LogP contribution in [0.25, 0.3) is 0 Å². The van der Waals surface area contributed by atoms with Gasteiger partial charge in [0.15, 0.2) is 17.5 Å². The molecule has 1 aromatic heterocycles. The zero-order valence-corrected chi connectivity index (χ0v) is 12.6. The Morgan fingerprint density at radius 3 is 2.76 bits per heavy atom. The van der Waals surface area contributed by atoms with Crippen LogP contribution in [0.3, 0.4) is 0 Å². The van der Waals surface area contributed by atoms with Crippen molar-refractivity contribution in [2.75, 3.05) is 19.0 Å². The van der Waals surface area contributed by atoms with Gasteiger partial charge < -0.3 is 10.1 Å². The number of halogens is 2. The van der Waals surface area contributed by atoms with Crippen molar-refractivity contribution in [3.8, 4) is 5.75 Å². The molecule has 1 heterocycles. The second kappa shape index (κ2) is 7.26. The normalized spacial score (nSPS) is 10.5. The van der Waals surface area contributed by atoms with Crippen molar-refractivity contribution in [2.24, 2.45) is 0 Å². The third-order valence-electron chi connectivity index (χ3n) is 2.70. The summed E-state index contributed by atoms with van der Waals surface area (Å²) < 4.78 is 32.6. The fourth-order valence-electron chi connectivity index (χ4n) is 1.66. The Hall–Kier alpha value is -1.82. The van der Waals surface area contributed by atoms with E-state index in [1.165, 1.54) is 0 Å². The van der Waals surface area contributed by atoms with Crippen molar-refractivity contribution < 1.29 is 13.5 Å². The largest absolute Gasteiger partial charge is 0.497 e. The zero-order valence-electron chi connectivity index (χ0n) is 11.8. The molecular formula is C15H16F2N2OS. The van der Waals surface area contributed by atoms with E-state index in [1.54, 1.807) is 25.3 Å². The third kappa shape index (κ3) is 4.07. The standard InChI is InChI=1S/C15H16F2N2OS/c1-3-7-18-14-12(16)9-13(17)15(19-14)21-11-6-4-5-10(8-11)20-2/h4-6,8-9H,3,7H2,1-2H3,(H,18,19). The van der Waals surface area contributed by atoms with Gasteiger partial charge in [-0.1, -0.05) is 24.8 Å². The predicted molar refractivity (Wildman–Crippen MR) is 80.1 cm³/mol. The lowest BCUT2D eigenvalue weighted by Gasteiger charge is -2.09. The first-order valence-electron chi connectivity index (χ1n) is 6.56. The number of nitrogens with one attached hydrogen (secondary N) is 1. The van der Waals surface area contributed by atoms with Crippen LogP contribution in [0.4, 0.5) is 14.6 Å². The molecule has 112 valence electrons. The van der Waals surface area contributed by atoms with Crippen LogP contribution in [0.15, 0.2) is 40.3 Å². The Morgan fingerprint density at radius 1 is 1.24 bits per heavy atom. The van der Waals surface area contributed by atoms with E-state index in [0.717, 1.165) is 29.1 Å². The minimum absolute atomic E-state index is 0.0728. The molecular weight excluding hydrogens is 294 g/mol. The molecule has 0 amide bonds. The summed E-state index contributed by atoms with van der Waals surface area (Å²) in [7, 11) is 1.56. The fourth-order valence-corrected chi connectivity index (χ4v) is 2.50. The van der Waals surface area contributed by atoms with Crippen LogP contribution in [-0.4, -0.2) is 18.6 Å². The number of methoxy groups -OCH3 is 1. The van der Waals surface area contributed by atoms with E-state index in [-0.39, 0.29) is 10.8 Å². The second-order valence-corrected chi connectivity index (χ2v) is 5.38. The summed E-state index contributed by atoms with van der Waals surface area (Å²) in [6.07, 6.45) is 0.830. The number of aromatic nitrogens is 1. The van der Waals surface area contributed by atoms with E-state index < -0.39 is 11.6 Å². The Labute approximate surface area is 126 Å². The molecule has 0 radical (unpaired) electrons. The molecule has 0 atom stereocenters. The average Bonchev–Trinajstić information content (AvgIpc) is 2.49. The first-order valence-corrected chi connectivity index (χ1v) is 7.37. The van der Waals surface area contributed by atoms with Crippen molar-refractivity contribution in [3.63, 3.8) is 0 Å². The molecule has 0 aliphatic carbocycles. The van der Waals surface area contributed by atoms with E-state index in [9.17, 15) is 8.78 Å². The Bertz CT molecular complexity index is 623. The monoisotopic (exact) mass is 310 g/mol. The Kier molecular flexibility index (Phi) is 5.38. The number of benzene rings is 1. The topological polar surface area (TPSA) is 34.2 Å². The van der Waals surface area contributed by atoms with E-state index in [0.29, 0.717) is 12.3 Å². The van der Waals surface area contributed by atoms with Crippen LogP contribution in [0.5, 0.6) is 5.75 Å². The lowest BCUT2D eigenvalue weighted by molar-refractivity contribution is 0.413. The maximum Gasteiger partial charge on any atom is 0.168 e. The number of hydrogen-bond donors (Lipinski definition) is 1. The molecule has 0 unspecified atom stereocenters. The summed E-state index contributed by atoms with van der Waals surface area (Å²) in [4.78, 5) is 4.79. The molecule has 0 aliphatic rings. The van der Waals surface area contributed by atoms with Crippen molar-refractivity contribution >= 4 is 17.6 Å². The van der Waals surface area contributed by atoms with E-state index in [1.807, 2.05) is 13.0 Å². The van der Waals surface area contributed by atoms with E-state index in [4.69, 9.17) is 4.74 Å². The summed E-state index contributed by atoms with van der Waals surface area (Å²) in [5.74, 6) is -0.617. The summed E-state index contributed by atoms with van der Waals surface area (Å²) in [5.41, 5.74) is 0. The van der Waals surface area contributed by atoms with E-state index >= 15 is 0 Å². The predicted octanol–water partition coefficient (Wildman–Crippen LogP) is 4.34. The lowest BCUT2D eigenvalue weighted by Crippen LogP contribution is -2.06. The molecule has 0 saturated carbocycles. The van der Waals surface area contributed by atoms with Crippen molar-refractivity contribution in [3.05, 3.63) is 42.0 Å². The van der Waals surface area contributed by atoms with Gasteiger partial charge in [0, 0.05) is 17.5 Å². The highest BCUT2D eigenvalue weighted by Gasteiger charge is 2.13. The smallest absolute Gasteiger partial charge is 0.168 e. The van der Waals surface area contributed by atoms with Gasteiger partial charge in [-0.3, -0.25) is 0 Å². The van der Waals surface area contributed by atoms with Gasteiger partial charge in [0.05, 0.1) is 7.11 Å². The minimum Gasteiger partial charge on any atom is -0.497 e. The third-order valence-corrected chi connectivity index (χ3v) is 3.66. The molecule has 0 bridgehead atoms. The molecule has 1 aromatic carbocycles. The van der Waals surface area contributed by atoms with Gasteiger partial charge in [-0.15, -0.1) is 0 Å². The van der Waals surface area contributed by atoms with Gasteiger partial charge in [-0.05, 0) is 24.6 Å². The van der Waals surface area contributed by atoms with Gasteiger partial charge in [0.1, 0.15) is 10.8 Å². The van der Waals surface area contributed by atoms with Gasteiger partial charge >= 0.3 is 0 Å². The fraction of sp³-hybridized carbons (Fsp3) is 0.267. The molecule has 21 heavy (non-hydrogen) atoms. The Morgan fingerprint density at radius 2 is 2.05 bits per heavy atom. The molecule has 0 saturated heterocycles. The molecule has 0 fully saturated rings. The maximum absolute atomic E-state index is 13.8. The highest BCUT2D eigenvalue weighted by atomic mass is 32.2. The number of hydrogen-bond acceptors (Lipinski definition) is 4. The van der Waals surface area contributed by atoms with Gasteiger partial charge in [0.25, 0.3) is 0 Å². The number of ether oxygens (including phenoxy) is 1. The minimum atomic E-state index is -0.684. The maximum atomic E-state index is 13.8. The summed E-state index contributed by atoms with van der Waals surface area (Å²) in [6.45, 7) is 2.54. The molecule has 1 N–H and O–H groups in total. The second-order valence-electron chi connectivity index (χ2n) is 4.31. The number of anilines is 1. The van der Waals surface area contributed by atoms with Crippen molar-refractivity contribution in [2.45, 2.75) is 23.3 Å². The van der Waals surface area contributed by atoms with Crippen LogP contribution >= 0.6 is 11.8 Å². The summed E-state index contributed by atoms with van der Waals surface area (Å²) in [5, 5.41) is 2.98.